The molecule has 1 fully saturated rings. The van der Waals surface area contributed by atoms with E-state index in [1.807, 2.05) is 18.2 Å². The van der Waals surface area contributed by atoms with Gasteiger partial charge in [0.25, 0.3) is 0 Å². The van der Waals surface area contributed by atoms with E-state index >= 15 is 0 Å². The number of carbonyl (C=O) groups excluding carboxylic acids is 1. The Morgan fingerprint density at radius 1 is 1.32 bits per heavy atom. The monoisotopic (exact) mass is 259 g/mol. The Labute approximate surface area is 112 Å². The van der Waals surface area contributed by atoms with Crippen molar-refractivity contribution >= 4 is 17.6 Å². The van der Waals surface area contributed by atoms with E-state index in [2.05, 4.69) is 6.07 Å². The molecule has 19 heavy (non-hydrogen) atoms. The Morgan fingerprint density at radius 2 is 2.00 bits per heavy atom. The SMILES string of the molecule is CC(C(=O)O)C(=O)N1CC2(CCC2)c2ccccc21. The molecule has 1 atom stereocenters. The fraction of sp³-hybridized carbons (Fsp3) is 0.467. The molecule has 1 spiro atoms. The Kier molecular flexibility index (Phi) is 2.62. The largest absolute Gasteiger partial charge is 0.481 e. The number of benzene rings is 1. The topological polar surface area (TPSA) is 57.6 Å². The molecule has 1 amide bonds. The summed E-state index contributed by atoms with van der Waals surface area (Å²) >= 11 is 0. The van der Waals surface area contributed by atoms with Crippen molar-refractivity contribution in [1.29, 1.82) is 0 Å². The smallest absolute Gasteiger partial charge is 0.315 e. The molecule has 4 nitrogen and oxygen atoms in total. The summed E-state index contributed by atoms with van der Waals surface area (Å²) in [7, 11) is 0. The highest BCUT2D eigenvalue weighted by atomic mass is 16.4. The third kappa shape index (κ3) is 1.66. The van der Waals surface area contributed by atoms with Gasteiger partial charge in [-0.05, 0) is 31.4 Å². The number of amides is 1. The summed E-state index contributed by atoms with van der Waals surface area (Å²) in [5.41, 5.74) is 2.21. The molecule has 4 heteroatoms. The van der Waals surface area contributed by atoms with Gasteiger partial charge in [-0.25, -0.2) is 0 Å². The van der Waals surface area contributed by atoms with Crippen molar-refractivity contribution in [2.75, 3.05) is 11.4 Å². The lowest BCUT2D eigenvalue weighted by Gasteiger charge is -2.39. The number of anilines is 1. The van der Waals surface area contributed by atoms with E-state index < -0.39 is 11.9 Å². The van der Waals surface area contributed by atoms with Crippen LogP contribution in [0.25, 0.3) is 0 Å². The number of aliphatic carboxylic acids is 1. The summed E-state index contributed by atoms with van der Waals surface area (Å²) in [5, 5.41) is 9.01. The van der Waals surface area contributed by atoms with Crippen LogP contribution in [-0.2, 0) is 15.0 Å². The number of carboxylic acids is 1. The molecule has 0 aromatic heterocycles. The molecule has 100 valence electrons. The van der Waals surface area contributed by atoms with E-state index in [-0.39, 0.29) is 11.3 Å². The first-order valence-corrected chi connectivity index (χ1v) is 6.69. The lowest BCUT2D eigenvalue weighted by Crippen LogP contribution is -2.44. The lowest BCUT2D eigenvalue weighted by molar-refractivity contribution is -0.145. The third-order valence-electron chi connectivity index (χ3n) is 4.54. The molecule has 0 bridgehead atoms. The first-order valence-electron chi connectivity index (χ1n) is 6.69. The van der Waals surface area contributed by atoms with E-state index in [0.29, 0.717) is 6.54 Å². The van der Waals surface area contributed by atoms with Crippen LogP contribution in [0.1, 0.15) is 31.7 Å². The molecule has 1 aliphatic heterocycles. The van der Waals surface area contributed by atoms with Gasteiger partial charge in [-0.2, -0.15) is 0 Å². The fourth-order valence-electron chi connectivity index (χ4n) is 3.20. The second-order valence-electron chi connectivity index (χ2n) is 5.64. The lowest BCUT2D eigenvalue weighted by atomic mass is 9.66. The summed E-state index contributed by atoms with van der Waals surface area (Å²) in [4.78, 5) is 25.0. The molecule has 3 rings (SSSR count). The second-order valence-corrected chi connectivity index (χ2v) is 5.64. The third-order valence-corrected chi connectivity index (χ3v) is 4.54. The van der Waals surface area contributed by atoms with E-state index in [1.54, 1.807) is 4.90 Å². The van der Waals surface area contributed by atoms with Gasteiger partial charge in [0.15, 0.2) is 0 Å². The van der Waals surface area contributed by atoms with Crippen molar-refractivity contribution in [3.8, 4) is 0 Å². The van der Waals surface area contributed by atoms with Gasteiger partial charge in [0.1, 0.15) is 5.92 Å². The number of para-hydroxylation sites is 1. The Hall–Kier alpha value is -1.84. The molecular formula is C15H17NO3. The number of hydrogen-bond donors (Lipinski definition) is 1. The van der Waals surface area contributed by atoms with E-state index in [9.17, 15) is 9.59 Å². The summed E-state index contributed by atoms with van der Waals surface area (Å²) in [6, 6.07) is 7.90. The summed E-state index contributed by atoms with van der Waals surface area (Å²) in [6.45, 7) is 2.10. The van der Waals surface area contributed by atoms with Crippen LogP contribution in [0.3, 0.4) is 0 Å². The maximum absolute atomic E-state index is 12.3. The van der Waals surface area contributed by atoms with Crippen molar-refractivity contribution in [2.45, 2.75) is 31.6 Å². The van der Waals surface area contributed by atoms with E-state index in [0.717, 1.165) is 18.5 Å². The van der Waals surface area contributed by atoms with Gasteiger partial charge < -0.3 is 10.0 Å². The Balaban J connectivity index is 1.97. The number of hydrogen-bond acceptors (Lipinski definition) is 2. The van der Waals surface area contributed by atoms with Gasteiger partial charge >= 0.3 is 5.97 Å². The van der Waals surface area contributed by atoms with Crippen LogP contribution in [0.2, 0.25) is 0 Å². The molecule has 1 aliphatic carbocycles. The normalized spacial score (nSPS) is 20.8. The van der Waals surface area contributed by atoms with E-state index in [1.165, 1.54) is 18.9 Å². The number of carbonyl (C=O) groups is 2. The zero-order chi connectivity index (χ0) is 13.6. The molecule has 0 radical (unpaired) electrons. The molecule has 0 saturated heterocycles. The van der Waals surface area contributed by atoms with Gasteiger partial charge in [0.2, 0.25) is 5.91 Å². The molecule has 1 saturated carbocycles. The molecule has 1 aromatic carbocycles. The minimum atomic E-state index is -1.06. The minimum Gasteiger partial charge on any atom is -0.481 e. The highest BCUT2D eigenvalue weighted by molar-refractivity contribution is 6.06. The van der Waals surface area contributed by atoms with Crippen LogP contribution in [0, 0.1) is 5.92 Å². The number of fused-ring (bicyclic) bond motifs is 2. The molecular weight excluding hydrogens is 242 g/mol. The molecule has 2 aliphatic rings. The van der Waals surface area contributed by atoms with Crippen molar-refractivity contribution < 1.29 is 14.7 Å². The van der Waals surface area contributed by atoms with Crippen LogP contribution in [-0.4, -0.2) is 23.5 Å². The average molecular weight is 259 g/mol. The minimum absolute atomic E-state index is 0.0878. The van der Waals surface area contributed by atoms with Crippen molar-refractivity contribution in [3.05, 3.63) is 29.8 Å². The van der Waals surface area contributed by atoms with Crippen molar-refractivity contribution in [1.82, 2.24) is 0 Å². The van der Waals surface area contributed by atoms with Gasteiger partial charge in [-0.1, -0.05) is 24.6 Å². The quantitative estimate of drug-likeness (QED) is 0.828. The Morgan fingerprint density at radius 3 is 2.58 bits per heavy atom. The van der Waals surface area contributed by atoms with Crippen LogP contribution in [0.15, 0.2) is 24.3 Å². The second kappa shape index (κ2) is 4.08. The fourth-order valence-corrected chi connectivity index (χ4v) is 3.20. The van der Waals surface area contributed by atoms with Crippen LogP contribution in [0.4, 0.5) is 5.69 Å². The maximum atomic E-state index is 12.3. The predicted octanol–water partition coefficient (Wildman–Crippen LogP) is 2.18. The van der Waals surface area contributed by atoms with Gasteiger partial charge in [0, 0.05) is 17.6 Å². The average Bonchev–Trinajstić information content (AvgIpc) is 2.72. The van der Waals surface area contributed by atoms with Crippen LogP contribution >= 0.6 is 0 Å². The van der Waals surface area contributed by atoms with Gasteiger partial charge in [-0.3, -0.25) is 9.59 Å². The zero-order valence-electron chi connectivity index (χ0n) is 10.9. The molecule has 1 aromatic rings. The Bertz CT molecular complexity index is 548. The highest BCUT2D eigenvalue weighted by Gasteiger charge is 2.49. The molecule has 1 N–H and O–H groups in total. The number of carboxylic acid groups (broad SMARTS) is 1. The van der Waals surface area contributed by atoms with E-state index in [4.69, 9.17) is 5.11 Å². The highest BCUT2D eigenvalue weighted by Crippen LogP contribution is 2.52. The first kappa shape index (κ1) is 12.2. The zero-order valence-corrected chi connectivity index (χ0v) is 10.9. The standard InChI is InChI=1S/C15H17NO3/c1-10(14(18)19)13(17)16-9-15(7-4-8-15)11-5-2-3-6-12(11)16/h2-3,5-6,10H,4,7-9H2,1H3,(H,18,19). The summed E-state index contributed by atoms with van der Waals surface area (Å²) in [6.07, 6.45) is 3.37. The predicted molar refractivity (Wildman–Crippen MR) is 71.1 cm³/mol. The van der Waals surface area contributed by atoms with Crippen molar-refractivity contribution in [2.24, 2.45) is 5.92 Å². The maximum Gasteiger partial charge on any atom is 0.315 e. The summed E-state index contributed by atoms with van der Waals surface area (Å²) in [5.74, 6) is -2.34. The number of nitrogens with zero attached hydrogens (tertiary/aromatic N) is 1. The molecule has 1 heterocycles. The molecule has 1 unspecified atom stereocenters. The van der Waals surface area contributed by atoms with Gasteiger partial charge in [0.05, 0.1) is 0 Å². The van der Waals surface area contributed by atoms with Crippen LogP contribution in [0.5, 0.6) is 0 Å². The van der Waals surface area contributed by atoms with Gasteiger partial charge in [-0.15, -0.1) is 0 Å². The van der Waals surface area contributed by atoms with Crippen LogP contribution < -0.4 is 4.90 Å². The van der Waals surface area contributed by atoms with Crippen molar-refractivity contribution in [3.63, 3.8) is 0 Å². The summed E-state index contributed by atoms with van der Waals surface area (Å²) < 4.78 is 0. The number of rotatable bonds is 2. The first-order chi connectivity index (χ1) is 9.05.